The fraction of sp³-hybridized carbons (Fsp3) is 0.200. The van der Waals surface area contributed by atoms with Crippen LogP contribution in [0, 0.1) is 5.82 Å². The fourth-order valence-corrected chi connectivity index (χ4v) is 1.15. The lowest BCUT2D eigenvalue weighted by Crippen LogP contribution is -2.24. The second kappa shape index (κ2) is 5.46. The fourth-order valence-electron chi connectivity index (χ4n) is 0.965. The summed E-state index contributed by atoms with van der Waals surface area (Å²) in [5, 5.41) is 2.56. The minimum atomic E-state index is -0.590. The predicted octanol–water partition coefficient (Wildman–Crippen LogP) is 2.18. The molecule has 0 atom stereocenters. The Morgan fingerprint density at radius 1 is 1.73 bits per heavy atom. The highest BCUT2D eigenvalue weighted by Gasteiger charge is 2.11. The second-order valence-corrected chi connectivity index (χ2v) is 3.18. The summed E-state index contributed by atoms with van der Waals surface area (Å²) in [6.45, 7) is 3.95. The lowest BCUT2D eigenvalue weighted by molar-refractivity contribution is 0.0953. The third kappa shape index (κ3) is 3.32. The highest BCUT2D eigenvalue weighted by atomic mass is 35.5. The number of carbonyl (C=O) groups is 1. The van der Waals surface area contributed by atoms with Crippen LogP contribution in [-0.4, -0.2) is 17.4 Å². The number of aromatic nitrogens is 1. The Labute approximate surface area is 92.0 Å². The van der Waals surface area contributed by atoms with Gasteiger partial charge in [-0.25, -0.2) is 9.37 Å². The summed E-state index contributed by atoms with van der Waals surface area (Å²) in [5.41, 5.74) is 0.0423. The lowest BCUT2D eigenvalue weighted by Gasteiger charge is -2.04. The Bertz CT molecular complexity index is 382. The minimum Gasteiger partial charge on any atom is -0.352 e. The number of halogens is 2. The average molecular weight is 229 g/mol. The van der Waals surface area contributed by atoms with E-state index < -0.39 is 11.7 Å². The molecule has 1 N–H and O–H groups in total. The van der Waals surface area contributed by atoms with E-state index in [4.69, 9.17) is 11.6 Å². The Balaban J connectivity index is 2.72. The molecule has 0 aliphatic rings. The summed E-state index contributed by atoms with van der Waals surface area (Å²) in [4.78, 5) is 15.0. The van der Waals surface area contributed by atoms with E-state index in [0.717, 1.165) is 12.3 Å². The van der Waals surface area contributed by atoms with E-state index in [0.29, 0.717) is 13.0 Å². The van der Waals surface area contributed by atoms with Gasteiger partial charge in [0.1, 0.15) is 11.0 Å². The summed E-state index contributed by atoms with van der Waals surface area (Å²) in [7, 11) is 0. The quantitative estimate of drug-likeness (QED) is 0.488. The molecular formula is C10H10ClFN2O. The van der Waals surface area contributed by atoms with Gasteiger partial charge in [-0.2, -0.15) is 0 Å². The molecule has 1 amide bonds. The monoisotopic (exact) mass is 228 g/mol. The SMILES string of the molecule is C=CCCNC(=O)c1cc(F)cnc1Cl. The van der Waals surface area contributed by atoms with Gasteiger partial charge in [-0.05, 0) is 12.5 Å². The van der Waals surface area contributed by atoms with Crippen LogP contribution in [0.3, 0.4) is 0 Å². The third-order valence-electron chi connectivity index (χ3n) is 1.68. The summed E-state index contributed by atoms with van der Waals surface area (Å²) in [5.74, 6) is -1.03. The molecule has 3 nitrogen and oxygen atoms in total. The Morgan fingerprint density at radius 2 is 2.47 bits per heavy atom. The van der Waals surface area contributed by atoms with Gasteiger partial charge >= 0.3 is 0 Å². The molecule has 0 saturated heterocycles. The number of rotatable bonds is 4. The van der Waals surface area contributed by atoms with Gasteiger partial charge in [0, 0.05) is 6.54 Å². The maximum absolute atomic E-state index is 12.8. The predicted molar refractivity (Wildman–Crippen MR) is 56.4 cm³/mol. The Hall–Kier alpha value is -1.42. The molecule has 0 saturated carbocycles. The summed E-state index contributed by atoms with van der Waals surface area (Å²) >= 11 is 5.65. The Morgan fingerprint density at radius 3 is 3.13 bits per heavy atom. The molecule has 0 spiro atoms. The number of hydrogen-bond acceptors (Lipinski definition) is 2. The zero-order valence-electron chi connectivity index (χ0n) is 7.96. The Kier molecular flexibility index (Phi) is 4.24. The van der Waals surface area contributed by atoms with Gasteiger partial charge in [-0.15, -0.1) is 6.58 Å². The van der Waals surface area contributed by atoms with Crippen LogP contribution in [-0.2, 0) is 0 Å². The van der Waals surface area contributed by atoms with E-state index in [9.17, 15) is 9.18 Å². The van der Waals surface area contributed by atoms with Crippen LogP contribution in [0.1, 0.15) is 16.8 Å². The zero-order chi connectivity index (χ0) is 11.3. The standard InChI is InChI=1S/C10H10ClFN2O/c1-2-3-4-13-10(15)8-5-7(12)6-14-9(8)11/h2,5-6H,1,3-4H2,(H,13,15). The number of nitrogens with one attached hydrogen (secondary N) is 1. The van der Waals surface area contributed by atoms with Gasteiger partial charge in [0.05, 0.1) is 11.8 Å². The van der Waals surface area contributed by atoms with Crippen LogP contribution in [0.15, 0.2) is 24.9 Å². The molecule has 0 fully saturated rings. The van der Waals surface area contributed by atoms with Gasteiger partial charge in [-0.3, -0.25) is 4.79 Å². The third-order valence-corrected chi connectivity index (χ3v) is 1.99. The van der Waals surface area contributed by atoms with E-state index in [-0.39, 0.29) is 10.7 Å². The topological polar surface area (TPSA) is 42.0 Å². The number of pyridine rings is 1. The molecule has 5 heteroatoms. The molecule has 80 valence electrons. The molecule has 0 aromatic carbocycles. The van der Waals surface area contributed by atoms with Crippen LogP contribution < -0.4 is 5.32 Å². The van der Waals surface area contributed by atoms with E-state index in [1.54, 1.807) is 6.08 Å². The first-order chi connectivity index (χ1) is 7.15. The van der Waals surface area contributed by atoms with E-state index in [1.165, 1.54) is 0 Å². The van der Waals surface area contributed by atoms with Crippen LogP contribution in [0.5, 0.6) is 0 Å². The lowest BCUT2D eigenvalue weighted by atomic mass is 10.2. The maximum Gasteiger partial charge on any atom is 0.254 e. The van der Waals surface area contributed by atoms with Crippen molar-refractivity contribution in [2.24, 2.45) is 0 Å². The van der Waals surface area contributed by atoms with E-state index >= 15 is 0 Å². The maximum atomic E-state index is 12.8. The summed E-state index contributed by atoms with van der Waals surface area (Å²) in [6, 6.07) is 1.05. The highest BCUT2D eigenvalue weighted by Crippen LogP contribution is 2.13. The van der Waals surface area contributed by atoms with Gasteiger partial charge in [0.15, 0.2) is 0 Å². The molecular weight excluding hydrogens is 219 g/mol. The van der Waals surface area contributed by atoms with Crippen molar-refractivity contribution in [1.29, 1.82) is 0 Å². The van der Waals surface area contributed by atoms with Gasteiger partial charge in [0.2, 0.25) is 0 Å². The first kappa shape index (κ1) is 11.7. The van der Waals surface area contributed by atoms with E-state index in [2.05, 4.69) is 16.9 Å². The van der Waals surface area contributed by atoms with Crippen molar-refractivity contribution in [1.82, 2.24) is 10.3 Å². The smallest absolute Gasteiger partial charge is 0.254 e. The van der Waals surface area contributed by atoms with Crippen LogP contribution >= 0.6 is 11.6 Å². The van der Waals surface area contributed by atoms with Crippen molar-refractivity contribution in [2.75, 3.05) is 6.54 Å². The van der Waals surface area contributed by atoms with Crippen molar-refractivity contribution in [2.45, 2.75) is 6.42 Å². The summed E-state index contributed by atoms with van der Waals surface area (Å²) < 4.78 is 12.8. The highest BCUT2D eigenvalue weighted by molar-refractivity contribution is 6.32. The number of nitrogens with zero attached hydrogens (tertiary/aromatic N) is 1. The van der Waals surface area contributed by atoms with Crippen LogP contribution in [0.2, 0.25) is 5.15 Å². The number of amides is 1. The van der Waals surface area contributed by atoms with Gasteiger partial charge in [-0.1, -0.05) is 17.7 Å². The molecule has 0 radical (unpaired) electrons. The minimum absolute atomic E-state index is 0.00694. The van der Waals surface area contributed by atoms with Crippen LogP contribution in [0.4, 0.5) is 4.39 Å². The van der Waals surface area contributed by atoms with Crippen molar-refractivity contribution in [3.63, 3.8) is 0 Å². The van der Waals surface area contributed by atoms with Gasteiger partial charge < -0.3 is 5.32 Å². The molecule has 1 heterocycles. The van der Waals surface area contributed by atoms with Crippen molar-refractivity contribution >= 4 is 17.5 Å². The normalized spacial score (nSPS) is 9.73. The van der Waals surface area contributed by atoms with Crippen molar-refractivity contribution in [3.05, 3.63) is 41.5 Å². The average Bonchev–Trinajstić information content (AvgIpc) is 2.22. The molecule has 1 aromatic heterocycles. The number of hydrogen-bond donors (Lipinski definition) is 1. The first-order valence-corrected chi connectivity index (χ1v) is 4.73. The first-order valence-electron chi connectivity index (χ1n) is 4.35. The molecule has 0 aliphatic heterocycles. The molecule has 15 heavy (non-hydrogen) atoms. The molecule has 0 bridgehead atoms. The van der Waals surface area contributed by atoms with Crippen molar-refractivity contribution < 1.29 is 9.18 Å². The number of carbonyl (C=O) groups excluding carboxylic acids is 1. The van der Waals surface area contributed by atoms with Crippen LogP contribution in [0.25, 0.3) is 0 Å². The molecule has 0 aliphatic carbocycles. The zero-order valence-corrected chi connectivity index (χ0v) is 8.72. The summed E-state index contributed by atoms with van der Waals surface area (Å²) in [6.07, 6.45) is 3.28. The molecule has 0 unspecified atom stereocenters. The molecule has 1 rings (SSSR count). The second-order valence-electron chi connectivity index (χ2n) is 2.83. The van der Waals surface area contributed by atoms with Crippen molar-refractivity contribution in [3.8, 4) is 0 Å². The van der Waals surface area contributed by atoms with E-state index in [1.807, 2.05) is 0 Å². The van der Waals surface area contributed by atoms with Gasteiger partial charge in [0.25, 0.3) is 5.91 Å². The molecule has 1 aromatic rings. The largest absolute Gasteiger partial charge is 0.352 e.